The number of rotatable bonds is 7. The first-order chi connectivity index (χ1) is 16.8. The van der Waals surface area contributed by atoms with Crippen molar-refractivity contribution in [2.45, 2.75) is 25.8 Å². The van der Waals surface area contributed by atoms with Gasteiger partial charge < -0.3 is 14.7 Å². The van der Waals surface area contributed by atoms with Gasteiger partial charge >= 0.3 is 12.1 Å². The predicted molar refractivity (Wildman–Crippen MR) is 142 cm³/mol. The number of fused-ring (bicyclic) bond motifs is 3. The van der Waals surface area contributed by atoms with E-state index in [1.165, 1.54) is 4.90 Å². The van der Waals surface area contributed by atoms with Crippen LogP contribution in [0, 0.1) is 3.57 Å². The highest BCUT2D eigenvalue weighted by molar-refractivity contribution is 14.1. The molecule has 8 heteroatoms. The second-order valence-corrected chi connectivity index (χ2v) is 9.73. The molecular formula is C27H25IN2O5. The van der Waals surface area contributed by atoms with Gasteiger partial charge in [0.1, 0.15) is 13.2 Å². The number of aliphatic carboxylic acids is 1. The summed E-state index contributed by atoms with van der Waals surface area (Å²) in [5.74, 6) is -1.49. The molecule has 0 bridgehead atoms. The molecule has 0 aliphatic heterocycles. The lowest BCUT2D eigenvalue weighted by Crippen LogP contribution is -2.40. The third-order valence-corrected chi connectivity index (χ3v) is 6.88. The zero-order chi connectivity index (χ0) is 25.1. The number of halogens is 1. The van der Waals surface area contributed by atoms with Crippen LogP contribution in [0.4, 0.5) is 10.5 Å². The number of hydrogen-bond acceptors (Lipinski definition) is 4. The Kier molecular flexibility index (Phi) is 7.39. The summed E-state index contributed by atoms with van der Waals surface area (Å²) in [7, 11) is 0. The van der Waals surface area contributed by atoms with Crippen LogP contribution in [0.3, 0.4) is 0 Å². The number of hydrogen-bond donors (Lipinski definition) is 2. The average Bonchev–Trinajstić information content (AvgIpc) is 3.15. The number of carbonyl (C=O) groups is 3. The number of carboxylic acid groups (broad SMARTS) is 1. The van der Waals surface area contributed by atoms with Crippen molar-refractivity contribution in [3.05, 3.63) is 87.0 Å². The smallest absolute Gasteiger partial charge is 0.411 e. The van der Waals surface area contributed by atoms with Gasteiger partial charge in [-0.25, -0.2) is 4.79 Å². The quantitative estimate of drug-likeness (QED) is 0.354. The molecule has 0 radical (unpaired) electrons. The zero-order valence-electron chi connectivity index (χ0n) is 19.3. The van der Waals surface area contributed by atoms with E-state index in [-0.39, 0.29) is 31.0 Å². The molecule has 180 valence electrons. The monoisotopic (exact) mass is 584 g/mol. The summed E-state index contributed by atoms with van der Waals surface area (Å²) >= 11 is 2.03. The molecule has 4 rings (SSSR count). The first kappa shape index (κ1) is 24.7. The first-order valence-electron chi connectivity index (χ1n) is 11.2. The van der Waals surface area contributed by atoms with Crippen molar-refractivity contribution in [2.24, 2.45) is 0 Å². The van der Waals surface area contributed by atoms with Gasteiger partial charge in [-0.3, -0.25) is 14.9 Å². The Morgan fingerprint density at radius 3 is 2.14 bits per heavy atom. The molecule has 1 aliphatic carbocycles. The highest BCUT2D eigenvalue weighted by Crippen LogP contribution is 2.44. The van der Waals surface area contributed by atoms with E-state index >= 15 is 0 Å². The molecule has 35 heavy (non-hydrogen) atoms. The van der Waals surface area contributed by atoms with Gasteiger partial charge in [0, 0.05) is 21.1 Å². The van der Waals surface area contributed by atoms with Gasteiger partial charge in [-0.2, -0.15) is 0 Å². The molecule has 0 aromatic heterocycles. The summed E-state index contributed by atoms with van der Waals surface area (Å²) in [5.41, 5.74) is 5.44. The predicted octanol–water partition coefficient (Wildman–Crippen LogP) is 5.59. The third kappa shape index (κ3) is 5.32. The number of amides is 2. The molecule has 2 N–H and O–H groups in total. The molecule has 0 heterocycles. The van der Waals surface area contributed by atoms with Crippen molar-refractivity contribution in [1.29, 1.82) is 0 Å². The molecule has 3 aromatic carbocycles. The van der Waals surface area contributed by atoms with E-state index in [0.717, 1.165) is 22.3 Å². The molecule has 7 nitrogen and oxygen atoms in total. The second kappa shape index (κ2) is 10.5. The first-order valence-corrected chi connectivity index (χ1v) is 12.3. The average molecular weight is 584 g/mol. The van der Waals surface area contributed by atoms with Crippen LogP contribution in [0.25, 0.3) is 11.1 Å². The number of nitrogens with zero attached hydrogens (tertiary/aromatic N) is 1. The van der Waals surface area contributed by atoms with E-state index in [4.69, 9.17) is 9.84 Å². The Morgan fingerprint density at radius 2 is 1.60 bits per heavy atom. The lowest BCUT2D eigenvalue weighted by molar-refractivity contribution is -0.138. The van der Waals surface area contributed by atoms with Crippen LogP contribution in [-0.4, -0.2) is 47.2 Å². The van der Waals surface area contributed by atoms with Crippen LogP contribution >= 0.6 is 22.6 Å². The lowest BCUT2D eigenvalue weighted by atomic mass is 9.98. The minimum Gasteiger partial charge on any atom is -0.480 e. The highest BCUT2D eigenvalue weighted by atomic mass is 127. The molecule has 0 saturated heterocycles. The summed E-state index contributed by atoms with van der Waals surface area (Å²) in [5, 5.41) is 11.9. The maximum atomic E-state index is 12.8. The largest absolute Gasteiger partial charge is 0.480 e. The number of carbonyl (C=O) groups excluding carboxylic acids is 2. The Balaban J connectivity index is 1.43. The van der Waals surface area contributed by atoms with E-state index in [1.54, 1.807) is 32.0 Å². The summed E-state index contributed by atoms with van der Waals surface area (Å²) in [6.07, 6.45) is -0.585. The lowest BCUT2D eigenvalue weighted by Gasteiger charge is -2.25. The highest BCUT2D eigenvalue weighted by Gasteiger charge is 2.29. The Labute approximate surface area is 217 Å². The summed E-state index contributed by atoms with van der Waals surface area (Å²) in [6.45, 7) is 3.34. The van der Waals surface area contributed by atoms with Crippen LogP contribution < -0.4 is 5.32 Å². The van der Waals surface area contributed by atoms with Gasteiger partial charge in [-0.1, -0.05) is 48.5 Å². The Morgan fingerprint density at radius 1 is 1.00 bits per heavy atom. The molecule has 3 aromatic rings. The zero-order valence-corrected chi connectivity index (χ0v) is 21.5. The fourth-order valence-electron chi connectivity index (χ4n) is 4.29. The fraction of sp³-hybridized carbons (Fsp3) is 0.222. The van der Waals surface area contributed by atoms with Crippen LogP contribution in [0.5, 0.6) is 0 Å². The van der Waals surface area contributed by atoms with Crippen LogP contribution in [0.1, 0.15) is 41.3 Å². The topological polar surface area (TPSA) is 95.9 Å². The molecule has 2 amide bonds. The van der Waals surface area contributed by atoms with Gasteiger partial charge in [0.25, 0.3) is 5.91 Å². The van der Waals surface area contributed by atoms with Crippen molar-refractivity contribution < 1.29 is 24.2 Å². The molecule has 0 unspecified atom stereocenters. The molecule has 0 atom stereocenters. The molecular weight excluding hydrogens is 559 g/mol. The molecule has 0 fully saturated rings. The molecule has 1 aliphatic rings. The van der Waals surface area contributed by atoms with Gasteiger partial charge in [0.05, 0.1) is 5.69 Å². The fourth-order valence-corrected chi connectivity index (χ4v) is 4.94. The summed E-state index contributed by atoms with van der Waals surface area (Å²) in [4.78, 5) is 37.8. The summed E-state index contributed by atoms with van der Waals surface area (Å²) in [6, 6.07) is 20.8. The SMILES string of the molecule is CC(C)N(CC(=O)O)C(=O)c1ccc(NC(=O)OCC2c3ccccc3-c3ccccc32)c(I)c1. The van der Waals surface area contributed by atoms with Crippen LogP contribution in [-0.2, 0) is 9.53 Å². The Hall–Kier alpha value is -3.40. The van der Waals surface area contributed by atoms with Crippen molar-refractivity contribution in [3.63, 3.8) is 0 Å². The van der Waals surface area contributed by atoms with Crippen molar-refractivity contribution in [3.8, 4) is 11.1 Å². The number of anilines is 1. The normalized spacial score (nSPS) is 12.1. The van der Waals surface area contributed by atoms with Crippen molar-refractivity contribution in [1.82, 2.24) is 4.90 Å². The molecule has 0 saturated carbocycles. The number of ether oxygens (including phenoxy) is 1. The van der Waals surface area contributed by atoms with E-state index in [0.29, 0.717) is 14.8 Å². The van der Waals surface area contributed by atoms with Gasteiger partial charge in [0.15, 0.2) is 0 Å². The van der Waals surface area contributed by atoms with E-state index in [2.05, 4.69) is 29.6 Å². The minimum atomic E-state index is -1.07. The van der Waals surface area contributed by atoms with E-state index in [9.17, 15) is 14.4 Å². The van der Waals surface area contributed by atoms with E-state index in [1.807, 2.05) is 46.9 Å². The van der Waals surface area contributed by atoms with Crippen LogP contribution in [0.15, 0.2) is 66.7 Å². The second-order valence-electron chi connectivity index (χ2n) is 8.57. The number of benzene rings is 3. The minimum absolute atomic E-state index is 0.0385. The third-order valence-electron chi connectivity index (χ3n) is 5.99. The van der Waals surface area contributed by atoms with Gasteiger partial charge in [-0.15, -0.1) is 0 Å². The van der Waals surface area contributed by atoms with Crippen LogP contribution in [0.2, 0.25) is 0 Å². The van der Waals surface area contributed by atoms with Crippen molar-refractivity contribution in [2.75, 3.05) is 18.5 Å². The Bertz CT molecular complexity index is 1240. The standard InChI is InChI=1S/C27H25IN2O5/c1-16(2)30(14-25(31)32)26(33)17-11-12-24(23(28)13-17)29-27(34)35-15-22-20-9-5-3-7-18(20)19-8-4-6-10-21(19)22/h3-13,16,22H,14-15H2,1-2H3,(H,29,34)(H,31,32). The number of nitrogens with one attached hydrogen (secondary N) is 1. The maximum absolute atomic E-state index is 12.8. The van der Waals surface area contributed by atoms with E-state index < -0.39 is 12.1 Å². The maximum Gasteiger partial charge on any atom is 0.411 e. The van der Waals surface area contributed by atoms with Crippen molar-refractivity contribution >= 4 is 46.2 Å². The van der Waals surface area contributed by atoms with Gasteiger partial charge in [-0.05, 0) is 76.9 Å². The number of carboxylic acids is 1. The van der Waals surface area contributed by atoms with Gasteiger partial charge in [0.2, 0.25) is 0 Å². The molecule has 0 spiro atoms. The summed E-state index contributed by atoms with van der Waals surface area (Å²) < 4.78 is 6.24.